The summed E-state index contributed by atoms with van der Waals surface area (Å²) < 4.78 is 15.6. The molecule has 26 heavy (non-hydrogen) atoms. The number of carbonyl (C=O) groups is 3. The summed E-state index contributed by atoms with van der Waals surface area (Å²) in [5, 5.41) is 2.61. The van der Waals surface area contributed by atoms with Crippen LogP contribution in [0.1, 0.15) is 34.6 Å². The number of rotatable bonds is 5. The zero-order valence-electron chi connectivity index (χ0n) is 14.3. The first-order chi connectivity index (χ1) is 12.5. The maximum Gasteiger partial charge on any atom is 0.339 e. The number of esters is 1. The minimum absolute atomic E-state index is 0.0994. The monoisotopic (exact) mass is 355 g/mol. The van der Waals surface area contributed by atoms with Crippen molar-refractivity contribution in [2.45, 2.75) is 20.0 Å². The van der Waals surface area contributed by atoms with Crippen molar-refractivity contribution in [1.82, 2.24) is 0 Å². The van der Waals surface area contributed by atoms with Crippen molar-refractivity contribution in [3.8, 4) is 11.5 Å². The van der Waals surface area contributed by atoms with Crippen LogP contribution in [0, 0.1) is 0 Å². The number of ether oxygens (including phenoxy) is 3. The molecule has 3 rings (SSSR count). The molecule has 1 N–H and O–H groups in total. The van der Waals surface area contributed by atoms with Crippen LogP contribution in [0.15, 0.2) is 42.5 Å². The summed E-state index contributed by atoms with van der Waals surface area (Å²) in [4.78, 5) is 36.1. The van der Waals surface area contributed by atoms with E-state index in [4.69, 9.17) is 14.2 Å². The van der Waals surface area contributed by atoms with E-state index >= 15 is 0 Å². The lowest BCUT2D eigenvalue weighted by Gasteiger charge is -2.15. The molecular formula is C19H17NO6. The lowest BCUT2D eigenvalue weighted by molar-refractivity contribution is -0.123. The molecule has 7 heteroatoms. The van der Waals surface area contributed by atoms with Gasteiger partial charge in [0.25, 0.3) is 5.91 Å². The van der Waals surface area contributed by atoms with Gasteiger partial charge in [-0.1, -0.05) is 12.1 Å². The lowest BCUT2D eigenvalue weighted by Crippen LogP contribution is -2.30. The molecule has 0 fully saturated rings. The second-order valence-electron chi connectivity index (χ2n) is 5.71. The summed E-state index contributed by atoms with van der Waals surface area (Å²) in [6.07, 6.45) is -1.05. The van der Waals surface area contributed by atoms with Crippen LogP contribution in [0.25, 0.3) is 0 Å². The minimum Gasteiger partial charge on any atom is -0.454 e. The van der Waals surface area contributed by atoms with Gasteiger partial charge in [-0.05, 0) is 44.2 Å². The van der Waals surface area contributed by atoms with Crippen LogP contribution in [0.3, 0.4) is 0 Å². The quantitative estimate of drug-likeness (QED) is 0.655. The Morgan fingerprint density at radius 2 is 1.81 bits per heavy atom. The summed E-state index contributed by atoms with van der Waals surface area (Å²) in [5.41, 5.74) is 1.00. The first-order valence-corrected chi connectivity index (χ1v) is 7.97. The topological polar surface area (TPSA) is 90.9 Å². The highest BCUT2D eigenvalue weighted by Crippen LogP contribution is 2.32. The average molecular weight is 355 g/mol. The molecule has 1 aliphatic rings. The SMILES string of the molecule is CC(=O)c1ccccc1NC(=O)[C@H](C)OC(=O)c1ccc2c(c1)OCO2. The predicted octanol–water partition coefficient (Wildman–Crippen LogP) is 2.80. The number of fused-ring (bicyclic) bond motifs is 1. The highest BCUT2D eigenvalue weighted by molar-refractivity contribution is 6.05. The van der Waals surface area contributed by atoms with E-state index in [-0.39, 0.29) is 18.1 Å². The molecule has 0 radical (unpaired) electrons. The molecule has 2 aromatic carbocycles. The van der Waals surface area contributed by atoms with Crippen LogP contribution in [-0.2, 0) is 9.53 Å². The molecule has 0 bridgehead atoms. The fourth-order valence-electron chi connectivity index (χ4n) is 2.44. The van der Waals surface area contributed by atoms with Crippen LogP contribution in [0.4, 0.5) is 5.69 Å². The number of hydrogen-bond donors (Lipinski definition) is 1. The van der Waals surface area contributed by atoms with Crippen molar-refractivity contribution in [2.24, 2.45) is 0 Å². The minimum atomic E-state index is -1.05. The third kappa shape index (κ3) is 3.66. The number of nitrogens with one attached hydrogen (secondary N) is 1. The molecule has 0 unspecified atom stereocenters. The van der Waals surface area contributed by atoms with Crippen molar-refractivity contribution in [3.05, 3.63) is 53.6 Å². The van der Waals surface area contributed by atoms with E-state index in [1.54, 1.807) is 30.3 Å². The number of amides is 1. The Kier molecular flexibility index (Phi) is 4.88. The number of ketones is 1. The normalized spacial score (nSPS) is 13.0. The summed E-state index contributed by atoms with van der Waals surface area (Å²) in [5.74, 6) is -0.371. The van der Waals surface area contributed by atoms with Gasteiger partial charge in [-0.2, -0.15) is 0 Å². The van der Waals surface area contributed by atoms with Crippen molar-refractivity contribution in [3.63, 3.8) is 0 Å². The Balaban J connectivity index is 1.66. The van der Waals surface area contributed by atoms with Gasteiger partial charge in [-0.25, -0.2) is 4.79 Å². The molecule has 1 atom stereocenters. The van der Waals surface area contributed by atoms with Gasteiger partial charge < -0.3 is 19.5 Å². The highest BCUT2D eigenvalue weighted by atomic mass is 16.7. The Bertz CT molecular complexity index is 876. The van der Waals surface area contributed by atoms with Gasteiger partial charge in [0, 0.05) is 5.56 Å². The summed E-state index contributed by atoms with van der Waals surface area (Å²) in [6, 6.07) is 11.3. The van der Waals surface area contributed by atoms with Crippen LogP contribution >= 0.6 is 0 Å². The van der Waals surface area contributed by atoms with Gasteiger partial charge >= 0.3 is 5.97 Å². The van der Waals surface area contributed by atoms with Gasteiger partial charge in [-0.15, -0.1) is 0 Å². The maximum absolute atomic E-state index is 12.3. The van der Waals surface area contributed by atoms with Crippen molar-refractivity contribution >= 4 is 23.3 Å². The Morgan fingerprint density at radius 1 is 1.08 bits per heavy atom. The van der Waals surface area contributed by atoms with Crippen LogP contribution in [-0.4, -0.2) is 30.6 Å². The molecule has 0 saturated heterocycles. The van der Waals surface area contributed by atoms with Crippen molar-refractivity contribution in [1.29, 1.82) is 0 Å². The molecular weight excluding hydrogens is 338 g/mol. The number of benzene rings is 2. The third-order valence-electron chi connectivity index (χ3n) is 3.83. The Hall–Kier alpha value is -3.35. The highest BCUT2D eigenvalue weighted by Gasteiger charge is 2.22. The largest absolute Gasteiger partial charge is 0.454 e. The molecule has 2 aromatic rings. The Morgan fingerprint density at radius 3 is 2.58 bits per heavy atom. The third-order valence-corrected chi connectivity index (χ3v) is 3.83. The van der Waals surface area contributed by atoms with Crippen LogP contribution < -0.4 is 14.8 Å². The number of hydrogen-bond acceptors (Lipinski definition) is 6. The van der Waals surface area contributed by atoms with Gasteiger partial charge in [-0.3, -0.25) is 9.59 Å². The summed E-state index contributed by atoms with van der Waals surface area (Å²) >= 11 is 0. The lowest BCUT2D eigenvalue weighted by atomic mass is 10.1. The molecule has 1 aliphatic heterocycles. The fraction of sp³-hybridized carbons (Fsp3) is 0.211. The molecule has 1 heterocycles. The second kappa shape index (κ2) is 7.26. The zero-order valence-corrected chi connectivity index (χ0v) is 14.3. The van der Waals surface area contributed by atoms with Crippen molar-refractivity contribution < 1.29 is 28.6 Å². The fourth-order valence-corrected chi connectivity index (χ4v) is 2.44. The molecule has 134 valence electrons. The number of carbonyl (C=O) groups excluding carboxylic acids is 3. The molecule has 0 aliphatic carbocycles. The van der Waals surface area contributed by atoms with E-state index in [0.29, 0.717) is 22.7 Å². The Labute approximate surface area is 149 Å². The smallest absolute Gasteiger partial charge is 0.339 e. The van der Waals surface area contributed by atoms with E-state index < -0.39 is 18.0 Å². The first kappa shape index (κ1) is 17.5. The van der Waals surface area contributed by atoms with Gasteiger partial charge in [0.15, 0.2) is 23.4 Å². The van der Waals surface area contributed by atoms with E-state index in [2.05, 4.69) is 5.32 Å². The zero-order chi connectivity index (χ0) is 18.7. The average Bonchev–Trinajstić information content (AvgIpc) is 3.09. The number of anilines is 1. The van der Waals surface area contributed by atoms with E-state index in [0.717, 1.165) is 0 Å². The predicted molar refractivity (Wildman–Crippen MR) is 92.5 cm³/mol. The molecule has 0 saturated carbocycles. The molecule has 0 aromatic heterocycles. The van der Waals surface area contributed by atoms with E-state index in [9.17, 15) is 14.4 Å². The van der Waals surface area contributed by atoms with E-state index in [1.165, 1.54) is 26.0 Å². The maximum atomic E-state index is 12.3. The number of para-hydroxylation sites is 1. The number of Topliss-reactive ketones (excluding diaryl/α,β-unsaturated/α-hetero) is 1. The molecule has 0 spiro atoms. The van der Waals surface area contributed by atoms with Gasteiger partial charge in [0.05, 0.1) is 11.3 Å². The van der Waals surface area contributed by atoms with Crippen LogP contribution in [0.5, 0.6) is 11.5 Å². The summed E-state index contributed by atoms with van der Waals surface area (Å²) in [6.45, 7) is 2.97. The van der Waals surface area contributed by atoms with E-state index in [1.807, 2.05) is 0 Å². The first-order valence-electron chi connectivity index (χ1n) is 7.97. The van der Waals surface area contributed by atoms with Gasteiger partial charge in [0.2, 0.25) is 6.79 Å². The standard InChI is InChI=1S/C19H17NO6/c1-11(21)14-5-3-4-6-15(14)20-18(22)12(2)26-19(23)13-7-8-16-17(9-13)25-10-24-16/h3-9,12H,10H2,1-2H3,(H,20,22)/t12-/m0/s1. The molecule has 1 amide bonds. The summed E-state index contributed by atoms with van der Waals surface area (Å²) in [7, 11) is 0. The second-order valence-corrected chi connectivity index (χ2v) is 5.71. The van der Waals surface area contributed by atoms with Crippen LogP contribution in [0.2, 0.25) is 0 Å². The molecule has 7 nitrogen and oxygen atoms in total. The van der Waals surface area contributed by atoms with Crippen molar-refractivity contribution in [2.75, 3.05) is 12.1 Å². The van der Waals surface area contributed by atoms with Gasteiger partial charge in [0.1, 0.15) is 0 Å².